The smallest absolute Gasteiger partial charge is 0.258 e. The Balaban J connectivity index is 2.14. The lowest BCUT2D eigenvalue weighted by Gasteiger charge is -2.29. The first-order chi connectivity index (χ1) is 19.2. The molecule has 3 amide bonds. The maximum absolute atomic E-state index is 14.0. The molecular formula is C29H33BrN6O4. The zero-order valence-corrected chi connectivity index (χ0v) is 24.4. The van der Waals surface area contributed by atoms with Crippen LogP contribution in [0.25, 0.3) is 10.8 Å². The summed E-state index contributed by atoms with van der Waals surface area (Å²) in [7, 11) is 4.75. The summed E-state index contributed by atoms with van der Waals surface area (Å²) in [4.78, 5) is 44.6. The van der Waals surface area contributed by atoms with Crippen molar-refractivity contribution in [3.63, 3.8) is 0 Å². The van der Waals surface area contributed by atoms with Gasteiger partial charge in [0, 0.05) is 29.5 Å². The fraction of sp³-hybridized carbons (Fsp3) is 0.241. The molecule has 3 rings (SSSR count). The second-order valence-electron chi connectivity index (χ2n) is 8.84. The number of carbonyl (C=O) groups excluding carboxylic acids is 3. The topological polar surface area (TPSA) is 138 Å². The molecule has 0 bridgehead atoms. The number of hydrogen-bond donors (Lipinski definition) is 4. The molecule has 0 heterocycles. The first-order valence-corrected chi connectivity index (χ1v) is 13.3. The Morgan fingerprint density at radius 1 is 1.15 bits per heavy atom. The molecule has 40 heavy (non-hydrogen) atoms. The van der Waals surface area contributed by atoms with E-state index >= 15 is 0 Å². The van der Waals surface area contributed by atoms with Gasteiger partial charge < -0.3 is 31.3 Å². The molecular weight excluding hydrogens is 576 g/mol. The molecule has 0 aromatic heterocycles. The van der Waals surface area contributed by atoms with Crippen molar-refractivity contribution >= 4 is 62.0 Å². The number of methoxy groups -OCH3 is 1. The van der Waals surface area contributed by atoms with Gasteiger partial charge in [-0.1, -0.05) is 40.2 Å². The number of carbonyl (C=O) groups is 3. The number of benzene rings is 3. The van der Waals surface area contributed by atoms with Crippen LogP contribution in [0.5, 0.6) is 5.75 Å². The summed E-state index contributed by atoms with van der Waals surface area (Å²) in [5.41, 5.74) is 7.35. The molecule has 11 heteroatoms. The van der Waals surface area contributed by atoms with Crippen LogP contribution in [0.2, 0.25) is 0 Å². The molecule has 210 valence electrons. The molecule has 0 saturated carbocycles. The Bertz CT molecular complexity index is 1460. The Labute approximate surface area is 241 Å². The Hall–Kier alpha value is -4.22. The molecule has 3 aromatic carbocycles. The van der Waals surface area contributed by atoms with E-state index in [1.54, 1.807) is 45.3 Å². The summed E-state index contributed by atoms with van der Waals surface area (Å²) in [5.74, 6) is -0.606. The van der Waals surface area contributed by atoms with Crippen LogP contribution in [0.4, 0.5) is 11.4 Å². The summed E-state index contributed by atoms with van der Waals surface area (Å²) in [6.07, 6.45) is 2.51. The highest BCUT2D eigenvalue weighted by Gasteiger charge is 2.27. The lowest BCUT2D eigenvalue weighted by molar-refractivity contribution is -0.126. The molecule has 0 aliphatic heterocycles. The largest absolute Gasteiger partial charge is 0.496 e. The van der Waals surface area contributed by atoms with E-state index in [-0.39, 0.29) is 30.5 Å². The number of nitrogens with zero attached hydrogens (tertiary/aromatic N) is 2. The molecule has 1 unspecified atom stereocenters. The number of ether oxygens (including phenoxy) is 1. The van der Waals surface area contributed by atoms with Crippen LogP contribution in [0.1, 0.15) is 12.5 Å². The first kappa shape index (κ1) is 30.3. The normalized spacial score (nSPS) is 12.3. The third-order valence-corrected chi connectivity index (χ3v) is 6.58. The fourth-order valence-electron chi connectivity index (χ4n) is 4.21. The van der Waals surface area contributed by atoms with E-state index in [1.807, 2.05) is 30.3 Å². The zero-order valence-electron chi connectivity index (χ0n) is 22.8. The molecule has 0 radical (unpaired) electrons. The van der Waals surface area contributed by atoms with Crippen LogP contribution < -0.4 is 31.3 Å². The summed E-state index contributed by atoms with van der Waals surface area (Å²) in [5, 5.41) is 10.2. The van der Waals surface area contributed by atoms with Gasteiger partial charge in [-0.3, -0.25) is 19.4 Å². The zero-order chi connectivity index (χ0) is 29.2. The van der Waals surface area contributed by atoms with Gasteiger partial charge in [0.2, 0.25) is 11.8 Å². The van der Waals surface area contributed by atoms with Gasteiger partial charge in [-0.25, -0.2) is 0 Å². The first-order valence-electron chi connectivity index (χ1n) is 12.5. The van der Waals surface area contributed by atoms with Crippen LogP contribution in [-0.2, 0) is 20.9 Å². The average Bonchev–Trinajstić information content (AvgIpc) is 2.94. The van der Waals surface area contributed by atoms with E-state index in [2.05, 4.69) is 36.9 Å². The van der Waals surface area contributed by atoms with Gasteiger partial charge in [0.15, 0.2) is 0 Å². The van der Waals surface area contributed by atoms with Crippen molar-refractivity contribution < 1.29 is 19.1 Å². The van der Waals surface area contributed by atoms with E-state index < -0.39 is 11.9 Å². The van der Waals surface area contributed by atoms with Crippen molar-refractivity contribution in [3.8, 4) is 5.75 Å². The number of para-hydroxylation sites is 2. The minimum Gasteiger partial charge on any atom is -0.496 e. The van der Waals surface area contributed by atoms with Gasteiger partial charge in [-0.05, 0) is 55.1 Å². The van der Waals surface area contributed by atoms with Gasteiger partial charge in [0.1, 0.15) is 11.8 Å². The molecule has 5 N–H and O–H groups in total. The minimum atomic E-state index is -0.869. The third-order valence-electron chi connectivity index (χ3n) is 6.09. The van der Waals surface area contributed by atoms with Crippen LogP contribution in [0.15, 0.2) is 75.8 Å². The predicted molar refractivity (Wildman–Crippen MR) is 163 cm³/mol. The van der Waals surface area contributed by atoms with E-state index in [0.29, 0.717) is 17.1 Å². The molecule has 0 aliphatic carbocycles. The van der Waals surface area contributed by atoms with Gasteiger partial charge in [0.25, 0.3) is 5.91 Å². The van der Waals surface area contributed by atoms with E-state index in [0.717, 1.165) is 27.0 Å². The Morgan fingerprint density at radius 2 is 1.90 bits per heavy atom. The SMILES string of the molecule is CN=CC(=CN)C(=O)Nc1ccccc1N(Cc1c(OC)ccc2cc(Br)ccc12)C(=O)C(C)NC(=O)CNC. The third kappa shape index (κ3) is 7.25. The average molecular weight is 610 g/mol. The van der Waals surface area contributed by atoms with Crippen LogP contribution in [-0.4, -0.2) is 57.7 Å². The van der Waals surface area contributed by atoms with Crippen molar-refractivity contribution in [2.24, 2.45) is 10.7 Å². The second-order valence-corrected chi connectivity index (χ2v) is 9.75. The van der Waals surface area contributed by atoms with Crippen LogP contribution in [0.3, 0.4) is 0 Å². The van der Waals surface area contributed by atoms with Crippen LogP contribution in [0, 0.1) is 0 Å². The fourth-order valence-corrected chi connectivity index (χ4v) is 4.59. The Morgan fingerprint density at radius 3 is 2.58 bits per heavy atom. The van der Waals surface area contributed by atoms with Crippen LogP contribution >= 0.6 is 15.9 Å². The van der Waals surface area contributed by atoms with Crippen molar-refractivity contribution in [1.82, 2.24) is 10.6 Å². The minimum absolute atomic E-state index is 0.0590. The van der Waals surface area contributed by atoms with E-state index in [4.69, 9.17) is 10.5 Å². The standard InChI is InChI=1S/C29H33BrN6O4/c1-18(34-27(37)16-33-3)29(39)36(17-23-22-11-10-21(30)13-19(22)9-12-26(23)40-4)25-8-6-5-7-24(25)35-28(38)20(14-31)15-32-2/h5-15,18,33H,16-17,31H2,1-4H3,(H,34,37)(H,35,38). The molecule has 0 saturated heterocycles. The number of hydrogen-bond acceptors (Lipinski definition) is 7. The maximum atomic E-state index is 14.0. The quantitative estimate of drug-likeness (QED) is 0.194. The van der Waals surface area contributed by atoms with Gasteiger partial charge in [-0.15, -0.1) is 0 Å². The molecule has 0 aliphatic rings. The van der Waals surface area contributed by atoms with E-state index in [1.165, 1.54) is 18.2 Å². The highest BCUT2D eigenvalue weighted by molar-refractivity contribution is 9.10. The molecule has 10 nitrogen and oxygen atoms in total. The Kier molecular flexibility index (Phi) is 10.8. The second kappa shape index (κ2) is 14.2. The van der Waals surface area contributed by atoms with Crippen molar-refractivity contribution in [2.75, 3.05) is 38.0 Å². The van der Waals surface area contributed by atoms with Crippen molar-refractivity contribution in [2.45, 2.75) is 19.5 Å². The van der Waals surface area contributed by atoms with Crippen molar-refractivity contribution in [1.29, 1.82) is 0 Å². The molecule has 0 fully saturated rings. The maximum Gasteiger partial charge on any atom is 0.258 e. The lowest BCUT2D eigenvalue weighted by atomic mass is 10.0. The summed E-state index contributed by atoms with van der Waals surface area (Å²) >= 11 is 3.51. The summed E-state index contributed by atoms with van der Waals surface area (Å²) in [6.45, 7) is 1.77. The number of fused-ring (bicyclic) bond motifs is 1. The number of nitrogens with two attached hydrogens (primary N) is 1. The number of anilines is 2. The number of amides is 3. The number of halogens is 1. The monoisotopic (exact) mass is 608 g/mol. The molecule has 3 aromatic rings. The van der Waals surface area contributed by atoms with Gasteiger partial charge in [0.05, 0.1) is 37.1 Å². The highest BCUT2D eigenvalue weighted by Crippen LogP contribution is 2.34. The van der Waals surface area contributed by atoms with Gasteiger partial charge >= 0.3 is 0 Å². The highest BCUT2D eigenvalue weighted by atomic mass is 79.9. The van der Waals surface area contributed by atoms with Crippen molar-refractivity contribution in [3.05, 3.63) is 76.4 Å². The lowest BCUT2D eigenvalue weighted by Crippen LogP contribution is -2.48. The summed E-state index contributed by atoms with van der Waals surface area (Å²) < 4.78 is 6.61. The number of likely N-dealkylation sites (N-methyl/N-ethyl adjacent to an activating group) is 1. The number of aliphatic imine (C=N–C) groups is 1. The van der Waals surface area contributed by atoms with E-state index in [9.17, 15) is 14.4 Å². The number of nitrogens with one attached hydrogen (secondary N) is 3. The molecule has 1 atom stereocenters. The predicted octanol–water partition coefficient (Wildman–Crippen LogP) is 3.35. The van der Waals surface area contributed by atoms with Gasteiger partial charge in [-0.2, -0.15) is 0 Å². The molecule has 0 spiro atoms. The summed E-state index contributed by atoms with van der Waals surface area (Å²) in [6, 6.07) is 15.7. The number of rotatable bonds is 11.